The van der Waals surface area contributed by atoms with E-state index < -0.39 is 0 Å². The van der Waals surface area contributed by atoms with Gasteiger partial charge in [-0.3, -0.25) is 0 Å². The van der Waals surface area contributed by atoms with Gasteiger partial charge in [-0.2, -0.15) is 0 Å². The van der Waals surface area contributed by atoms with Crippen molar-refractivity contribution in [1.82, 2.24) is 5.16 Å². The molecule has 0 amide bonds. The van der Waals surface area contributed by atoms with Crippen molar-refractivity contribution in [3.05, 3.63) is 34.9 Å². The summed E-state index contributed by atoms with van der Waals surface area (Å²) in [7, 11) is 0. The van der Waals surface area contributed by atoms with Gasteiger partial charge in [0.15, 0.2) is 5.76 Å². The minimum atomic E-state index is 0.722. The molecule has 0 saturated heterocycles. The molecule has 0 spiro atoms. The Morgan fingerprint density at radius 1 is 1.23 bits per heavy atom. The van der Waals surface area contributed by atoms with Crippen molar-refractivity contribution in [3.63, 3.8) is 0 Å². The largest absolute Gasteiger partial charge is 0.399 e. The highest BCUT2D eigenvalue weighted by atomic mass is 79.9. The van der Waals surface area contributed by atoms with E-state index in [-0.39, 0.29) is 0 Å². The van der Waals surface area contributed by atoms with Gasteiger partial charge in [0.05, 0.1) is 10.7 Å². The summed E-state index contributed by atoms with van der Waals surface area (Å²) in [4.78, 5) is 0. The predicted molar refractivity (Wildman–Crippen MR) is 54.1 cm³/mol. The van der Waals surface area contributed by atoms with Gasteiger partial charge in [0.1, 0.15) is 0 Å². The van der Waals surface area contributed by atoms with E-state index in [1.165, 1.54) is 0 Å². The first kappa shape index (κ1) is 8.31. The second-order valence-electron chi connectivity index (χ2n) is 2.62. The third kappa shape index (κ3) is 1.58. The average molecular weight is 239 g/mol. The Bertz CT molecular complexity index is 408. The SMILES string of the molecule is Nc1ccc(-c2oncc2Br)cc1. The van der Waals surface area contributed by atoms with Crippen molar-refractivity contribution in [2.45, 2.75) is 0 Å². The highest BCUT2D eigenvalue weighted by Gasteiger charge is 2.06. The van der Waals surface area contributed by atoms with Gasteiger partial charge in [-0.1, -0.05) is 5.16 Å². The molecule has 1 aromatic heterocycles. The molecule has 66 valence electrons. The third-order valence-corrected chi connectivity index (χ3v) is 2.26. The fraction of sp³-hybridized carbons (Fsp3) is 0. The maximum Gasteiger partial charge on any atom is 0.180 e. The molecule has 0 aliphatic carbocycles. The first-order valence-corrected chi connectivity index (χ1v) is 4.53. The molecule has 1 aromatic carbocycles. The first-order chi connectivity index (χ1) is 6.27. The molecule has 4 heteroatoms. The zero-order chi connectivity index (χ0) is 9.26. The van der Waals surface area contributed by atoms with Crippen LogP contribution in [-0.4, -0.2) is 5.16 Å². The van der Waals surface area contributed by atoms with E-state index in [0.29, 0.717) is 0 Å². The predicted octanol–water partition coefficient (Wildman–Crippen LogP) is 2.69. The van der Waals surface area contributed by atoms with Gasteiger partial charge in [0, 0.05) is 11.3 Å². The Kier molecular flexibility index (Phi) is 2.06. The molecule has 0 saturated carbocycles. The van der Waals surface area contributed by atoms with E-state index in [2.05, 4.69) is 21.1 Å². The number of nitrogen functional groups attached to an aromatic ring is 1. The van der Waals surface area contributed by atoms with E-state index >= 15 is 0 Å². The number of nitrogens with zero attached hydrogens (tertiary/aromatic N) is 1. The number of anilines is 1. The van der Waals surface area contributed by atoms with Crippen molar-refractivity contribution >= 4 is 21.6 Å². The van der Waals surface area contributed by atoms with Crippen LogP contribution in [0.3, 0.4) is 0 Å². The lowest BCUT2D eigenvalue weighted by atomic mass is 10.1. The van der Waals surface area contributed by atoms with Crippen LogP contribution in [0.2, 0.25) is 0 Å². The van der Waals surface area contributed by atoms with Crippen LogP contribution in [0.15, 0.2) is 39.5 Å². The molecule has 0 unspecified atom stereocenters. The number of rotatable bonds is 1. The molecule has 0 bridgehead atoms. The molecule has 2 N–H and O–H groups in total. The second-order valence-corrected chi connectivity index (χ2v) is 3.48. The lowest BCUT2D eigenvalue weighted by molar-refractivity contribution is 0.432. The average Bonchev–Trinajstić information content (AvgIpc) is 2.53. The lowest BCUT2D eigenvalue weighted by Crippen LogP contribution is -1.83. The standard InChI is InChI=1S/C9H7BrN2O/c10-8-5-12-13-9(8)6-1-3-7(11)4-2-6/h1-5H,11H2. The zero-order valence-corrected chi connectivity index (χ0v) is 8.28. The van der Waals surface area contributed by atoms with Crippen LogP contribution in [0.25, 0.3) is 11.3 Å². The summed E-state index contributed by atoms with van der Waals surface area (Å²) in [5.41, 5.74) is 7.25. The van der Waals surface area contributed by atoms with Crippen LogP contribution in [0, 0.1) is 0 Å². The molecule has 1 heterocycles. The van der Waals surface area contributed by atoms with Crippen molar-refractivity contribution < 1.29 is 4.52 Å². The third-order valence-electron chi connectivity index (χ3n) is 1.70. The van der Waals surface area contributed by atoms with Crippen LogP contribution in [-0.2, 0) is 0 Å². The zero-order valence-electron chi connectivity index (χ0n) is 6.70. The van der Waals surface area contributed by atoms with Gasteiger partial charge in [-0.15, -0.1) is 0 Å². The van der Waals surface area contributed by atoms with E-state index in [0.717, 1.165) is 21.5 Å². The topological polar surface area (TPSA) is 52.0 Å². The summed E-state index contributed by atoms with van der Waals surface area (Å²) in [6, 6.07) is 7.43. The summed E-state index contributed by atoms with van der Waals surface area (Å²) in [6.07, 6.45) is 1.62. The van der Waals surface area contributed by atoms with Crippen LogP contribution >= 0.6 is 15.9 Å². The number of halogens is 1. The fourth-order valence-corrected chi connectivity index (χ4v) is 1.44. The maximum absolute atomic E-state index is 5.56. The Balaban J connectivity index is 2.47. The minimum Gasteiger partial charge on any atom is -0.399 e. The Morgan fingerprint density at radius 3 is 2.46 bits per heavy atom. The van der Waals surface area contributed by atoms with Crippen LogP contribution < -0.4 is 5.73 Å². The molecule has 0 aliphatic heterocycles. The molecule has 13 heavy (non-hydrogen) atoms. The quantitative estimate of drug-likeness (QED) is 0.778. The molecule has 3 nitrogen and oxygen atoms in total. The minimum absolute atomic E-state index is 0.722. The van der Waals surface area contributed by atoms with E-state index in [9.17, 15) is 0 Å². The van der Waals surface area contributed by atoms with Crippen LogP contribution in [0.1, 0.15) is 0 Å². The number of hydrogen-bond donors (Lipinski definition) is 1. The van der Waals surface area contributed by atoms with Crippen molar-refractivity contribution in [1.29, 1.82) is 0 Å². The number of aromatic nitrogens is 1. The molecule has 0 radical (unpaired) electrons. The summed E-state index contributed by atoms with van der Waals surface area (Å²) in [5, 5.41) is 3.67. The lowest BCUT2D eigenvalue weighted by Gasteiger charge is -1.96. The summed E-state index contributed by atoms with van der Waals surface area (Å²) in [5.74, 6) is 0.722. The monoisotopic (exact) mass is 238 g/mol. The van der Waals surface area contributed by atoms with Crippen LogP contribution in [0.4, 0.5) is 5.69 Å². The first-order valence-electron chi connectivity index (χ1n) is 3.73. The molecular weight excluding hydrogens is 232 g/mol. The van der Waals surface area contributed by atoms with Crippen molar-refractivity contribution in [2.24, 2.45) is 0 Å². The molecule has 0 fully saturated rings. The van der Waals surface area contributed by atoms with Gasteiger partial charge >= 0.3 is 0 Å². The summed E-state index contributed by atoms with van der Waals surface area (Å²) < 4.78 is 5.90. The van der Waals surface area contributed by atoms with Gasteiger partial charge < -0.3 is 10.3 Å². The van der Waals surface area contributed by atoms with E-state index in [1.807, 2.05) is 24.3 Å². The van der Waals surface area contributed by atoms with Gasteiger partial charge in [0.2, 0.25) is 0 Å². The molecule has 0 atom stereocenters. The molecular formula is C9H7BrN2O. The van der Waals surface area contributed by atoms with E-state index in [4.69, 9.17) is 10.3 Å². The summed E-state index contributed by atoms with van der Waals surface area (Å²) in [6.45, 7) is 0. The fourth-order valence-electron chi connectivity index (χ4n) is 1.05. The molecule has 2 rings (SSSR count). The van der Waals surface area contributed by atoms with E-state index in [1.54, 1.807) is 6.20 Å². The van der Waals surface area contributed by atoms with Gasteiger partial charge in [-0.25, -0.2) is 0 Å². The Hall–Kier alpha value is -1.29. The van der Waals surface area contributed by atoms with Crippen molar-refractivity contribution in [3.8, 4) is 11.3 Å². The normalized spacial score (nSPS) is 10.2. The van der Waals surface area contributed by atoms with Gasteiger partial charge in [0.25, 0.3) is 0 Å². The Morgan fingerprint density at radius 2 is 1.92 bits per heavy atom. The van der Waals surface area contributed by atoms with Gasteiger partial charge in [-0.05, 0) is 40.2 Å². The second kappa shape index (κ2) is 3.22. The number of hydrogen-bond acceptors (Lipinski definition) is 3. The van der Waals surface area contributed by atoms with Crippen LogP contribution in [0.5, 0.6) is 0 Å². The maximum atomic E-state index is 5.56. The summed E-state index contributed by atoms with van der Waals surface area (Å²) >= 11 is 3.33. The highest BCUT2D eigenvalue weighted by molar-refractivity contribution is 9.10. The Labute approximate surface area is 83.7 Å². The molecule has 0 aliphatic rings. The highest BCUT2D eigenvalue weighted by Crippen LogP contribution is 2.27. The van der Waals surface area contributed by atoms with Crippen molar-refractivity contribution in [2.75, 3.05) is 5.73 Å². The molecule has 2 aromatic rings. The number of nitrogens with two attached hydrogens (primary N) is 1. The number of benzene rings is 1. The smallest absolute Gasteiger partial charge is 0.180 e.